The lowest BCUT2D eigenvalue weighted by Crippen LogP contribution is -2.23. The number of carboxylic acids is 1. The number of aromatic hydroxyl groups is 1. The second kappa shape index (κ2) is 5.69. The number of allylic oxidation sites excluding steroid dienone is 2. The average molecular weight is 260 g/mol. The van der Waals surface area contributed by atoms with Crippen LogP contribution in [0.4, 0.5) is 0 Å². The van der Waals surface area contributed by atoms with Crippen LogP contribution in [0.5, 0.6) is 5.75 Å². The van der Waals surface area contributed by atoms with Gasteiger partial charge < -0.3 is 10.2 Å². The molecule has 0 spiro atoms. The second-order valence-electron chi connectivity index (χ2n) is 4.89. The number of ketones is 1. The van der Waals surface area contributed by atoms with Crippen molar-refractivity contribution in [3.05, 3.63) is 41.5 Å². The molecule has 19 heavy (non-hydrogen) atoms. The van der Waals surface area contributed by atoms with Crippen LogP contribution >= 0.6 is 0 Å². The molecular weight excluding hydrogens is 244 g/mol. The molecule has 4 nitrogen and oxygen atoms in total. The minimum absolute atomic E-state index is 0.00407. The van der Waals surface area contributed by atoms with Crippen molar-refractivity contribution in [2.24, 2.45) is 5.92 Å². The van der Waals surface area contributed by atoms with E-state index in [2.05, 4.69) is 0 Å². The number of carboxylic acid groups (broad SMARTS) is 1. The van der Waals surface area contributed by atoms with E-state index >= 15 is 0 Å². The molecule has 0 aromatic heterocycles. The van der Waals surface area contributed by atoms with Gasteiger partial charge in [-0.25, -0.2) is 0 Å². The zero-order valence-corrected chi connectivity index (χ0v) is 10.5. The highest BCUT2D eigenvalue weighted by atomic mass is 16.4. The van der Waals surface area contributed by atoms with Crippen LogP contribution in [0.15, 0.2) is 35.9 Å². The highest BCUT2D eigenvalue weighted by Crippen LogP contribution is 2.27. The molecule has 0 amide bonds. The first kappa shape index (κ1) is 13.3. The van der Waals surface area contributed by atoms with Crippen molar-refractivity contribution in [1.82, 2.24) is 0 Å². The Morgan fingerprint density at radius 1 is 1.26 bits per heavy atom. The molecule has 1 aromatic rings. The molecule has 0 heterocycles. The standard InChI is InChI=1S/C15H16O4/c16-13-5-3-10(4-6-13)1-2-11-7-12(15(18)19)9-14(17)8-11/h2-6,12,16H,1,7-9H2,(H,18,19)/b11-2+. The molecule has 0 bridgehead atoms. The van der Waals surface area contributed by atoms with Crippen molar-refractivity contribution in [2.45, 2.75) is 25.7 Å². The fourth-order valence-corrected chi connectivity index (χ4v) is 2.29. The molecule has 1 saturated carbocycles. The quantitative estimate of drug-likeness (QED) is 0.818. The number of phenols is 1. The van der Waals surface area contributed by atoms with Crippen LogP contribution in [0.3, 0.4) is 0 Å². The molecule has 0 aliphatic heterocycles. The second-order valence-corrected chi connectivity index (χ2v) is 4.89. The van der Waals surface area contributed by atoms with Gasteiger partial charge in [0, 0.05) is 12.8 Å². The van der Waals surface area contributed by atoms with Gasteiger partial charge in [0.05, 0.1) is 5.92 Å². The topological polar surface area (TPSA) is 74.6 Å². The van der Waals surface area contributed by atoms with Gasteiger partial charge in [-0.15, -0.1) is 0 Å². The maximum Gasteiger partial charge on any atom is 0.307 e. The number of aliphatic carboxylic acids is 1. The van der Waals surface area contributed by atoms with E-state index in [0.717, 1.165) is 11.1 Å². The summed E-state index contributed by atoms with van der Waals surface area (Å²) >= 11 is 0. The summed E-state index contributed by atoms with van der Waals surface area (Å²) < 4.78 is 0. The number of Topliss-reactive ketones (excluding diaryl/α,β-unsaturated/α-hetero) is 1. The van der Waals surface area contributed by atoms with Crippen LogP contribution in [0.1, 0.15) is 24.8 Å². The third kappa shape index (κ3) is 3.68. The molecule has 2 N–H and O–H groups in total. The lowest BCUT2D eigenvalue weighted by molar-refractivity contribution is -0.144. The Morgan fingerprint density at radius 3 is 2.58 bits per heavy atom. The Morgan fingerprint density at radius 2 is 1.95 bits per heavy atom. The van der Waals surface area contributed by atoms with Crippen LogP contribution < -0.4 is 0 Å². The van der Waals surface area contributed by atoms with E-state index in [1.54, 1.807) is 12.1 Å². The molecule has 2 rings (SSSR count). The zero-order chi connectivity index (χ0) is 13.8. The van der Waals surface area contributed by atoms with Gasteiger partial charge in [-0.1, -0.05) is 23.8 Å². The highest BCUT2D eigenvalue weighted by Gasteiger charge is 2.27. The van der Waals surface area contributed by atoms with E-state index in [0.29, 0.717) is 19.3 Å². The van der Waals surface area contributed by atoms with E-state index in [1.165, 1.54) is 0 Å². The first-order valence-electron chi connectivity index (χ1n) is 6.25. The number of hydrogen-bond acceptors (Lipinski definition) is 3. The minimum atomic E-state index is -0.899. The summed E-state index contributed by atoms with van der Waals surface area (Å²) in [6.45, 7) is 0. The van der Waals surface area contributed by atoms with Crippen molar-refractivity contribution in [3.8, 4) is 5.75 Å². The maximum absolute atomic E-state index is 11.5. The van der Waals surface area contributed by atoms with Gasteiger partial charge in [0.2, 0.25) is 0 Å². The van der Waals surface area contributed by atoms with Crippen LogP contribution in [0.2, 0.25) is 0 Å². The maximum atomic E-state index is 11.5. The fraction of sp³-hybridized carbons (Fsp3) is 0.333. The van der Waals surface area contributed by atoms with E-state index < -0.39 is 11.9 Å². The molecule has 4 heteroatoms. The lowest BCUT2D eigenvalue weighted by Gasteiger charge is -2.19. The van der Waals surface area contributed by atoms with Gasteiger partial charge in [0.15, 0.2) is 0 Å². The molecule has 1 aliphatic carbocycles. The van der Waals surface area contributed by atoms with Crippen molar-refractivity contribution in [3.63, 3.8) is 0 Å². The number of benzene rings is 1. The summed E-state index contributed by atoms with van der Waals surface area (Å²) in [4.78, 5) is 22.5. The average Bonchev–Trinajstić information content (AvgIpc) is 2.37. The van der Waals surface area contributed by atoms with Gasteiger partial charge >= 0.3 is 5.97 Å². The SMILES string of the molecule is O=C1C/C(=C/Cc2ccc(O)cc2)CC(C(=O)O)C1. The molecule has 100 valence electrons. The van der Waals surface area contributed by atoms with Gasteiger partial charge in [-0.05, 0) is 30.5 Å². The summed E-state index contributed by atoms with van der Waals surface area (Å²) in [5.41, 5.74) is 1.92. The molecule has 1 unspecified atom stereocenters. The van der Waals surface area contributed by atoms with Crippen LogP contribution in [0.25, 0.3) is 0 Å². The smallest absolute Gasteiger partial charge is 0.307 e. The molecule has 0 saturated heterocycles. The predicted octanol–water partition coefficient (Wildman–Crippen LogP) is 2.31. The van der Waals surface area contributed by atoms with Crippen LogP contribution in [-0.4, -0.2) is 22.0 Å². The molecule has 0 radical (unpaired) electrons. The van der Waals surface area contributed by atoms with Crippen molar-refractivity contribution < 1.29 is 19.8 Å². The number of hydrogen-bond donors (Lipinski definition) is 2. The third-order valence-electron chi connectivity index (χ3n) is 3.32. The predicted molar refractivity (Wildman–Crippen MR) is 69.9 cm³/mol. The molecule has 1 aliphatic rings. The molecule has 1 aromatic carbocycles. The number of phenolic OH excluding ortho intramolecular Hbond substituents is 1. The summed E-state index contributed by atoms with van der Waals surface area (Å²) in [6.07, 6.45) is 3.54. The third-order valence-corrected chi connectivity index (χ3v) is 3.32. The van der Waals surface area contributed by atoms with E-state index in [1.807, 2.05) is 18.2 Å². The summed E-state index contributed by atoms with van der Waals surface area (Å²) in [5.74, 6) is -1.26. The van der Waals surface area contributed by atoms with E-state index in [9.17, 15) is 14.7 Å². The lowest BCUT2D eigenvalue weighted by atomic mass is 9.84. The molecular formula is C15H16O4. The number of carbonyl (C=O) groups is 2. The Kier molecular flexibility index (Phi) is 4.00. The minimum Gasteiger partial charge on any atom is -0.508 e. The van der Waals surface area contributed by atoms with Crippen molar-refractivity contribution >= 4 is 11.8 Å². The first-order chi connectivity index (χ1) is 9.04. The largest absolute Gasteiger partial charge is 0.508 e. The molecule has 1 fully saturated rings. The Balaban J connectivity index is 2.04. The van der Waals surface area contributed by atoms with Gasteiger partial charge in [-0.3, -0.25) is 9.59 Å². The normalized spacial score (nSPS) is 21.6. The molecule has 1 atom stereocenters. The van der Waals surface area contributed by atoms with Gasteiger partial charge in [-0.2, -0.15) is 0 Å². The van der Waals surface area contributed by atoms with E-state index in [4.69, 9.17) is 5.11 Å². The van der Waals surface area contributed by atoms with Crippen molar-refractivity contribution in [2.75, 3.05) is 0 Å². The Bertz CT molecular complexity index is 513. The number of carbonyl (C=O) groups excluding carboxylic acids is 1. The fourth-order valence-electron chi connectivity index (χ4n) is 2.29. The monoisotopic (exact) mass is 260 g/mol. The highest BCUT2D eigenvalue weighted by molar-refractivity contribution is 5.87. The summed E-state index contributed by atoms with van der Waals surface area (Å²) in [6, 6.07) is 6.84. The first-order valence-corrected chi connectivity index (χ1v) is 6.25. The summed E-state index contributed by atoms with van der Waals surface area (Å²) in [5, 5.41) is 18.2. The van der Waals surface area contributed by atoms with Crippen molar-refractivity contribution in [1.29, 1.82) is 0 Å². The zero-order valence-electron chi connectivity index (χ0n) is 10.5. The van der Waals surface area contributed by atoms with Gasteiger partial charge in [0.25, 0.3) is 0 Å². The summed E-state index contributed by atoms with van der Waals surface area (Å²) in [7, 11) is 0. The Labute approximate surface area is 111 Å². The Hall–Kier alpha value is -2.10. The van der Waals surface area contributed by atoms with Crippen LogP contribution in [-0.2, 0) is 16.0 Å². The number of rotatable bonds is 3. The van der Waals surface area contributed by atoms with Gasteiger partial charge in [0.1, 0.15) is 11.5 Å². The van der Waals surface area contributed by atoms with Crippen LogP contribution in [0, 0.1) is 5.92 Å². The van der Waals surface area contributed by atoms with E-state index in [-0.39, 0.29) is 18.0 Å².